The zero-order valence-electron chi connectivity index (χ0n) is 10.5. The third-order valence-electron chi connectivity index (χ3n) is 2.62. The molecule has 0 saturated carbocycles. The first kappa shape index (κ1) is 14.0. The molecule has 1 N–H and O–H groups in total. The largest absolute Gasteiger partial charge is 0.356 e. The molecule has 2 nitrogen and oxygen atoms in total. The number of carbonyl (C=O) groups excluding carboxylic acids is 1. The van der Waals surface area contributed by atoms with E-state index in [4.69, 9.17) is 11.6 Å². The van der Waals surface area contributed by atoms with Gasteiger partial charge in [-0.05, 0) is 30.4 Å². The Hall–Kier alpha value is -1.02. The molecule has 0 aliphatic heterocycles. The maximum atomic E-state index is 11.5. The van der Waals surface area contributed by atoms with Gasteiger partial charge >= 0.3 is 0 Å². The van der Waals surface area contributed by atoms with Gasteiger partial charge in [-0.1, -0.05) is 43.6 Å². The summed E-state index contributed by atoms with van der Waals surface area (Å²) in [7, 11) is 0. The van der Waals surface area contributed by atoms with Crippen molar-refractivity contribution in [3.8, 4) is 0 Å². The van der Waals surface area contributed by atoms with Crippen molar-refractivity contribution in [3.05, 3.63) is 34.9 Å². The maximum absolute atomic E-state index is 11.5. The molecular formula is C14H20ClNO. The van der Waals surface area contributed by atoms with Crippen molar-refractivity contribution in [2.75, 3.05) is 6.54 Å². The third-order valence-corrected chi connectivity index (χ3v) is 2.99. The summed E-state index contributed by atoms with van der Waals surface area (Å²) in [4.78, 5) is 11.5. The van der Waals surface area contributed by atoms with Gasteiger partial charge < -0.3 is 5.32 Å². The predicted molar refractivity (Wildman–Crippen MR) is 72.2 cm³/mol. The van der Waals surface area contributed by atoms with Crippen molar-refractivity contribution in [2.24, 2.45) is 5.92 Å². The molecule has 1 amide bonds. The first-order valence-electron chi connectivity index (χ1n) is 6.09. The first-order chi connectivity index (χ1) is 8.09. The molecular weight excluding hydrogens is 234 g/mol. The van der Waals surface area contributed by atoms with E-state index >= 15 is 0 Å². The number of nitrogens with one attached hydrogen (secondary N) is 1. The van der Waals surface area contributed by atoms with Gasteiger partial charge in [0.1, 0.15) is 0 Å². The molecule has 0 fully saturated rings. The molecule has 0 aromatic heterocycles. The highest BCUT2D eigenvalue weighted by Gasteiger charge is 2.03. The monoisotopic (exact) mass is 253 g/mol. The summed E-state index contributed by atoms with van der Waals surface area (Å²) in [5, 5.41) is 3.68. The molecule has 17 heavy (non-hydrogen) atoms. The van der Waals surface area contributed by atoms with E-state index in [1.807, 2.05) is 24.3 Å². The molecule has 94 valence electrons. The van der Waals surface area contributed by atoms with E-state index in [2.05, 4.69) is 19.2 Å². The van der Waals surface area contributed by atoms with Gasteiger partial charge in [-0.25, -0.2) is 0 Å². The van der Waals surface area contributed by atoms with Crippen molar-refractivity contribution in [1.29, 1.82) is 0 Å². The predicted octanol–water partition coefficient (Wildman–Crippen LogP) is 3.43. The van der Waals surface area contributed by atoms with E-state index in [-0.39, 0.29) is 5.91 Å². The number of halogens is 1. The summed E-state index contributed by atoms with van der Waals surface area (Å²) in [6.07, 6.45) is 2.34. The molecule has 0 aliphatic carbocycles. The van der Waals surface area contributed by atoms with Crippen LogP contribution < -0.4 is 5.32 Å². The number of hydrogen-bond acceptors (Lipinski definition) is 1. The highest BCUT2D eigenvalue weighted by atomic mass is 35.5. The SMILES string of the molecule is CC(C)CCC(=O)NCCc1ccccc1Cl. The Labute approximate surface area is 108 Å². The van der Waals surface area contributed by atoms with Crippen molar-refractivity contribution in [3.63, 3.8) is 0 Å². The fourth-order valence-electron chi connectivity index (χ4n) is 1.55. The highest BCUT2D eigenvalue weighted by Crippen LogP contribution is 2.14. The van der Waals surface area contributed by atoms with Crippen molar-refractivity contribution < 1.29 is 4.79 Å². The highest BCUT2D eigenvalue weighted by molar-refractivity contribution is 6.31. The molecule has 0 saturated heterocycles. The van der Waals surface area contributed by atoms with Gasteiger partial charge in [-0.3, -0.25) is 4.79 Å². The van der Waals surface area contributed by atoms with Crippen LogP contribution in [0.2, 0.25) is 5.02 Å². The van der Waals surface area contributed by atoms with Crippen LogP contribution in [-0.4, -0.2) is 12.5 Å². The van der Waals surface area contributed by atoms with E-state index in [9.17, 15) is 4.79 Å². The van der Waals surface area contributed by atoms with Gasteiger partial charge in [0.15, 0.2) is 0 Å². The molecule has 0 bridgehead atoms. The number of rotatable bonds is 6. The lowest BCUT2D eigenvalue weighted by atomic mass is 10.1. The molecule has 0 unspecified atom stereocenters. The van der Waals surface area contributed by atoms with E-state index in [1.54, 1.807) is 0 Å². The Morgan fingerprint density at radius 1 is 1.35 bits per heavy atom. The second-order valence-corrected chi connectivity index (χ2v) is 5.03. The van der Waals surface area contributed by atoms with E-state index < -0.39 is 0 Å². The Balaban J connectivity index is 2.24. The lowest BCUT2D eigenvalue weighted by Crippen LogP contribution is -2.25. The minimum Gasteiger partial charge on any atom is -0.356 e. The van der Waals surface area contributed by atoms with Gasteiger partial charge in [0.2, 0.25) is 5.91 Å². The van der Waals surface area contributed by atoms with Crippen LogP contribution in [0.5, 0.6) is 0 Å². The van der Waals surface area contributed by atoms with E-state index in [1.165, 1.54) is 0 Å². The second-order valence-electron chi connectivity index (χ2n) is 4.62. The Kier molecular flexibility index (Phi) is 6.06. The lowest BCUT2D eigenvalue weighted by Gasteiger charge is -2.07. The van der Waals surface area contributed by atoms with Crippen LogP contribution in [0.4, 0.5) is 0 Å². The number of benzene rings is 1. The van der Waals surface area contributed by atoms with Gasteiger partial charge in [-0.2, -0.15) is 0 Å². The quantitative estimate of drug-likeness (QED) is 0.827. The number of carbonyl (C=O) groups is 1. The summed E-state index contributed by atoms with van der Waals surface area (Å²) >= 11 is 6.03. The normalized spacial score (nSPS) is 10.6. The molecule has 0 aliphatic rings. The van der Waals surface area contributed by atoms with Crippen LogP contribution in [0.3, 0.4) is 0 Å². The molecule has 1 rings (SSSR count). The summed E-state index contributed by atoms with van der Waals surface area (Å²) in [5.74, 6) is 0.704. The van der Waals surface area contributed by atoms with Crippen molar-refractivity contribution >= 4 is 17.5 Å². The minimum atomic E-state index is 0.130. The van der Waals surface area contributed by atoms with Crippen LogP contribution in [0.1, 0.15) is 32.3 Å². The van der Waals surface area contributed by atoms with Crippen LogP contribution in [0, 0.1) is 5.92 Å². The second kappa shape index (κ2) is 7.33. The Morgan fingerprint density at radius 3 is 2.71 bits per heavy atom. The average molecular weight is 254 g/mol. The smallest absolute Gasteiger partial charge is 0.220 e. The fraction of sp³-hybridized carbons (Fsp3) is 0.500. The number of hydrogen-bond donors (Lipinski definition) is 1. The van der Waals surface area contributed by atoms with Crippen LogP contribution in [0.25, 0.3) is 0 Å². The van der Waals surface area contributed by atoms with Crippen LogP contribution >= 0.6 is 11.6 Å². The average Bonchev–Trinajstić information content (AvgIpc) is 2.29. The van der Waals surface area contributed by atoms with Gasteiger partial charge in [0.05, 0.1) is 0 Å². The maximum Gasteiger partial charge on any atom is 0.220 e. The zero-order chi connectivity index (χ0) is 12.7. The first-order valence-corrected chi connectivity index (χ1v) is 6.47. The molecule has 0 heterocycles. The molecule has 3 heteroatoms. The molecule has 0 atom stereocenters. The standard InChI is InChI=1S/C14H20ClNO/c1-11(2)7-8-14(17)16-10-9-12-5-3-4-6-13(12)15/h3-6,11H,7-10H2,1-2H3,(H,16,17). The zero-order valence-corrected chi connectivity index (χ0v) is 11.3. The third kappa shape index (κ3) is 5.73. The summed E-state index contributed by atoms with van der Waals surface area (Å²) in [6, 6.07) is 7.73. The molecule has 0 radical (unpaired) electrons. The topological polar surface area (TPSA) is 29.1 Å². The van der Waals surface area contributed by atoms with Crippen molar-refractivity contribution in [2.45, 2.75) is 33.1 Å². The molecule has 1 aromatic rings. The van der Waals surface area contributed by atoms with Gasteiger partial charge in [0, 0.05) is 18.0 Å². The van der Waals surface area contributed by atoms with E-state index in [0.717, 1.165) is 23.4 Å². The van der Waals surface area contributed by atoms with Gasteiger partial charge in [0.25, 0.3) is 0 Å². The lowest BCUT2D eigenvalue weighted by molar-refractivity contribution is -0.121. The van der Waals surface area contributed by atoms with E-state index in [0.29, 0.717) is 18.9 Å². The van der Waals surface area contributed by atoms with Crippen LogP contribution in [-0.2, 0) is 11.2 Å². The van der Waals surface area contributed by atoms with Crippen LogP contribution in [0.15, 0.2) is 24.3 Å². The Bertz CT molecular complexity index is 363. The fourth-order valence-corrected chi connectivity index (χ4v) is 1.78. The van der Waals surface area contributed by atoms with Gasteiger partial charge in [-0.15, -0.1) is 0 Å². The minimum absolute atomic E-state index is 0.130. The molecule has 0 spiro atoms. The number of amides is 1. The summed E-state index contributed by atoms with van der Waals surface area (Å²) in [6.45, 7) is 4.90. The summed E-state index contributed by atoms with van der Waals surface area (Å²) < 4.78 is 0. The van der Waals surface area contributed by atoms with Crippen molar-refractivity contribution in [1.82, 2.24) is 5.32 Å². The Morgan fingerprint density at radius 2 is 2.06 bits per heavy atom. The summed E-state index contributed by atoms with van der Waals surface area (Å²) in [5.41, 5.74) is 1.08. The molecule has 1 aromatic carbocycles.